The topological polar surface area (TPSA) is 80.6 Å². The van der Waals surface area contributed by atoms with Gasteiger partial charge >= 0.3 is 0 Å². The normalized spacial score (nSPS) is 9.72. The van der Waals surface area contributed by atoms with Crippen LogP contribution in [0.4, 0.5) is 0 Å². The predicted molar refractivity (Wildman–Crippen MR) is 71.0 cm³/mol. The lowest BCUT2D eigenvalue weighted by Crippen LogP contribution is -2.21. The molecule has 0 unspecified atom stereocenters. The Morgan fingerprint density at radius 2 is 1.22 bits per heavy atom. The predicted octanol–water partition coefficient (Wildman–Crippen LogP) is 1.63. The van der Waals surface area contributed by atoms with Crippen molar-refractivity contribution < 1.29 is 20.1 Å². The minimum Gasteiger partial charge on any atom is -0.550 e. The lowest BCUT2D eigenvalue weighted by atomic mass is 10.1. The first-order valence-corrected chi connectivity index (χ1v) is 7.10. The molecule has 0 aromatic carbocycles. The van der Waals surface area contributed by atoms with Crippen LogP contribution in [0.3, 0.4) is 0 Å². The lowest BCUT2D eigenvalue weighted by molar-refractivity contribution is -0.305. The van der Waals surface area contributed by atoms with E-state index >= 15 is 0 Å². The molecule has 0 aliphatic carbocycles. The van der Waals surface area contributed by atoms with Crippen LogP contribution in [0.15, 0.2) is 0 Å². The SMILES string of the molecule is CCCCCCCCCCCC(=O)[O-].OCCO. The second kappa shape index (κ2) is 18.7. The number of hydrogen-bond acceptors (Lipinski definition) is 4. The fourth-order valence-corrected chi connectivity index (χ4v) is 1.58. The number of unbranched alkanes of at least 4 members (excludes halogenated alkanes) is 8. The van der Waals surface area contributed by atoms with Gasteiger partial charge in [-0.1, -0.05) is 58.3 Å². The fourth-order valence-electron chi connectivity index (χ4n) is 1.58. The molecule has 4 nitrogen and oxygen atoms in total. The molecule has 110 valence electrons. The zero-order chi connectivity index (χ0) is 14.1. The summed E-state index contributed by atoms with van der Waals surface area (Å²) in [6.45, 7) is 1.97. The largest absolute Gasteiger partial charge is 0.550 e. The van der Waals surface area contributed by atoms with Crippen LogP contribution in [-0.4, -0.2) is 29.4 Å². The molecular formula is C14H29O4-. The molecule has 2 N–H and O–H groups in total. The maximum absolute atomic E-state index is 10.1. The van der Waals surface area contributed by atoms with E-state index in [1.165, 1.54) is 44.9 Å². The Morgan fingerprint density at radius 3 is 1.56 bits per heavy atom. The van der Waals surface area contributed by atoms with Crippen LogP contribution in [0.25, 0.3) is 0 Å². The van der Waals surface area contributed by atoms with Crippen LogP contribution in [-0.2, 0) is 4.79 Å². The Hall–Kier alpha value is -0.610. The van der Waals surface area contributed by atoms with Crippen LogP contribution < -0.4 is 5.11 Å². The van der Waals surface area contributed by atoms with Crippen LogP contribution in [0.5, 0.6) is 0 Å². The van der Waals surface area contributed by atoms with Gasteiger partial charge in [0, 0.05) is 5.97 Å². The molecule has 0 radical (unpaired) electrons. The van der Waals surface area contributed by atoms with Crippen molar-refractivity contribution in [3.05, 3.63) is 0 Å². The quantitative estimate of drug-likeness (QED) is 0.554. The van der Waals surface area contributed by atoms with Crippen LogP contribution in [0, 0.1) is 0 Å². The number of carboxylic acid groups (broad SMARTS) is 1. The third-order valence-corrected chi connectivity index (χ3v) is 2.58. The average Bonchev–Trinajstić information content (AvgIpc) is 2.37. The van der Waals surface area contributed by atoms with Crippen molar-refractivity contribution in [3.8, 4) is 0 Å². The third-order valence-electron chi connectivity index (χ3n) is 2.58. The van der Waals surface area contributed by atoms with E-state index < -0.39 is 5.97 Å². The molecule has 0 heterocycles. The van der Waals surface area contributed by atoms with Crippen molar-refractivity contribution in [2.24, 2.45) is 0 Å². The van der Waals surface area contributed by atoms with Crippen LogP contribution in [0.2, 0.25) is 0 Å². The number of hydrogen-bond donors (Lipinski definition) is 2. The van der Waals surface area contributed by atoms with Gasteiger partial charge in [-0.2, -0.15) is 0 Å². The first-order valence-electron chi connectivity index (χ1n) is 7.10. The molecule has 0 aliphatic rings. The number of carbonyl (C=O) groups is 1. The number of aliphatic hydroxyl groups is 2. The summed E-state index contributed by atoms with van der Waals surface area (Å²) >= 11 is 0. The Balaban J connectivity index is 0. The highest BCUT2D eigenvalue weighted by Gasteiger charge is 1.92. The van der Waals surface area contributed by atoms with E-state index in [9.17, 15) is 9.90 Å². The highest BCUT2D eigenvalue weighted by Crippen LogP contribution is 2.09. The summed E-state index contributed by atoms with van der Waals surface area (Å²) in [6, 6.07) is 0. The lowest BCUT2D eigenvalue weighted by Gasteiger charge is -2.02. The molecule has 0 amide bonds. The van der Waals surface area contributed by atoms with Gasteiger partial charge in [-0.15, -0.1) is 0 Å². The maximum Gasteiger partial charge on any atom is 0.0662 e. The Labute approximate surface area is 111 Å². The number of carboxylic acids is 1. The standard InChI is InChI=1S/C12H24O2.C2H6O2/c1-2-3-4-5-6-7-8-9-10-11-12(13)14;3-1-2-4/h2-11H2,1H3,(H,13,14);3-4H,1-2H2/p-1. The maximum atomic E-state index is 10.1. The second-order valence-electron chi connectivity index (χ2n) is 4.40. The summed E-state index contributed by atoms with van der Waals surface area (Å²) in [7, 11) is 0. The highest BCUT2D eigenvalue weighted by molar-refractivity contribution is 5.63. The van der Waals surface area contributed by atoms with Gasteiger partial charge < -0.3 is 20.1 Å². The summed E-state index contributed by atoms with van der Waals surface area (Å²) in [4.78, 5) is 10.1. The van der Waals surface area contributed by atoms with Crippen LogP contribution in [0.1, 0.15) is 71.1 Å². The molecule has 0 spiro atoms. The molecule has 4 heteroatoms. The summed E-state index contributed by atoms with van der Waals surface area (Å²) in [6.07, 6.45) is 11.2. The number of rotatable bonds is 11. The van der Waals surface area contributed by atoms with E-state index in [-0.39, 0.29) is 19.6 Å². The molecule has 0 rings (SSSR count). The van der Waals surface area contributed by atoms with Gasteiger partial charge in [-0.3, -0.25) is 0 Å². The van der Waals surface area contributed by atoms with E-state index in [4.69, 9.17) is 10.2 Å². The first kappa shape index (κ1) is 19.7. The van der Waals surface area contributed by atoms with E-state index in [1.54, 1.807) is 0 Å². The zero-order valence-corrected chi connectivity index (χ0v) is 11.7. The van der Waals surface area contributed by atoms with Gasteiger partial charge in [0.15, 0.2) is 0 Å². The van der Waals surface area contributed by atoms with Gasteiger partial charge in [-0.25, -0.2) is 0 Å². The van der Waals surface area contributed by atoms with E-state index in [0.29, 0.717) is 0 Å². The zero-order valence-electron chi connectivity index (χ0n) is 11.7. The molecule has 0 fully saturated rings. The van der Waals surface area contributed by atoms with Gasteiger partial charge in [0.05, 0.1) is 13.2 Å². The van der Waals surface area contributed by atoms with Gasteiger partial charge in [0.2, 0.25) is 0 Å². The van der Waals surface area contributed by atoms with Gasteiger partial charge in [0.1, 0.15) is 0 Å². The van der Waals surface area contributed by atoms with Crippen molar-refractivity contribution in [1.29, 1.82) is 0 Å². The van der Waals surface area contributed by atoms with Crippen LogP contribution >= 0.6 is 0 Å². The Morgan fingerprint density at radius 1 is 0.833 bits per heavy atom. The third kappa shape index (κ3) is 24.6. The molecule has 0 atom stereocenters. The Bertz CT molecular complexity index is 158. The minimum absolute atomic E-state index is 0.125. The van der Waals surface area contributed by atoms with E-state index in [0.717, 1.165) is 12.8 Å². The van der Waals surface area contributed by atoms with Crippen molar-refractivity contribution >= 4 is 5.97 Å². The first-order chi connectivity index (χ1) is 8.68. The van der Waals surface area contributed by atoms with Crippen molar-refractivity contribution in [2.75, 3.05) is 13.2 Å². The molecular weight excluding hydrogens is 232 g/mol. The summed E-state index contributed by atoms with van der Waals surface area (Å²) in [5, 5.41) is 25.3. The molecule has 0 aliphatic heterocycles. The molecule has 0 aromatic rings. The fraction of sp³-hybridized carbons (Fsp3) is 0.929. The summed E-state index contributed by atoms with van der Waals surface area (Å²) in [5.74, 6) is -0.909. The molecule has 0 saturated carbocycles. The highest BCUT2D eigenvalue weighted by atomic mass is 16.4. The van der Waals surface area contributed by atoms with Crippen molar-refractivity contribution in [2.45, 2.75) is 71.1 Å². The summed E-state index contributed by atoms with van der Waals surface area (Å²) in [5.41, 5.74) is 0. The molecule has 18 heavy (non-hydrogen) atoms. The van der Waals surface area contributed by atoms with Gasteiger partial charge in [0.25, 0.3) is 0 Å². The number of aliphatic carboxylic acids is 1. The summed E-state index contributed by atoms with van der Waals surface area (Å²) < 4.78 is 0. The van der Waals surface area contributed by atoms with Gasteiger partial charge in [-0.05, 0) is 12.8 Å². The number of carbonyl (C=O) groups excluding carboxylic acids is 1. The van der Waals surface area contributed by atoms with Crippen molar-refractivity contribution in [3.63, 3.8) is 0 Å². The molecule has 0 bridgehead atoms. The monoisotopic (exact) mass is 261 g/mol. The van der Waals surface area contributed by atoms with E-state index in [2.05, 4.69) is 6.92 Å². The van der Waals surface area contributed by atoms with E-state index in [1.807, 2.05) is 0 Å². The average molecular weight is 261 g/mol. The van der Waals surface area contributed by atoms with Crippen molar-refractivity contribution in [1.82, 2.24) is 0 Å². The molecule has 0 saturated heterocycles. The Kier molecular flexibility index (Phi) is 20.5. The minimum atomic E-state index is -0.909. The number of aliphatic hydroxyl groups excluding tert-OH is 2. The smallest absolute Gasteiger partial charge is 0.0662 e. The second-order valence-corrected chi connectivity index (χ2v) is 4.40. The molecule has 0 aromatic heterocycles.